The van der Waals surface area contributed by atoms with E-state index in [1.165, 1.54) is 6.92 Å². The van der Waals surface area contributed by atoms with Crippen LogP contribution in [0.4, 0.5) is 0 Å². The third kappa shape index (κ3) is 6.17. The maximum absolute atomic E-state index is 12.2. The number of esters is 1. The van der Waals surface area contributed by atoms with E-state index in [1.54, 1.807) is 13.8 Å². The second kappa shape index (κ2) is 14.2. The fourth-order valence-electron chi connectivity index (χ4n) is 15.2. The SMILES string of the molecule is CC(=O)O[C@@H]1CO[C@@H](O[C@H]2CC[C@]34C[C@]35CC[C@]3(C)C(C6(C)CC[C@@H](C(C)(C)O)O6)[C@@H](O)C[C@@]3(C)[C@@H]5C[C@H](O[C@@H]3O[C@H](CO)[C@@H](O)[C@H](O)[C@H]3O)[C@H]4C2(C)C)[C@H](O)[C@H]1O. The van der Waals surface area contributed by atoms with Gasteiger partial charge in [0.15, 0.2) is 18.7 Å². The highest BCUT2D eigenvalue weighted by Crippen LogP contribution is 2.89. The highest BCUT2D eigenvalue weighted by molar-refractivity contribution is 5.66. The zero-order valence-corrected chi connectivity index (χ0v) is 35.5. The van der Waals surface area contributed by atoms with Crippen LogP contribution in [-0.2, 0) is 33.2 Å². The predicted molar refractivity (Wildman–Crippen MR) is 203 cm³/mol. The van der Waals surface area contributed by atoms with Gasteiger partial charge in [0.2, 0.25) is 0 Å². The van der Waals surface area contributed by atoms with Gasteiger partial charge < -0.3 is 69.3 Å². The molecule has 0 radical (unpaired) electrons. The molecule has 0 aromatic carbocycles. The maximum atomic E-state index is 12.2. The minimum Gasteiger partial charge on any atom is -0.457 e. The summed E-state index contributed by atoms with van der Waals surface area (Å²) in [5.74, 6) is -0.868. The van der Waals surface area contributed by atoms with Gasteiger partial charge >= 0.3 is 5.97 Å². The van der Waals surface area contributed by atoms with Crippen LogP contribution in [0.1, 0.15) is 113 Å². The second-order valence-corrected chi connectivity index (χ2v) is 21.6. The van der Waals surface area contributed by atoms with Gasteiger partial charge in [-0.2, -0.15) is 0 Å². The molecule has 0 bridgehead atoms. The number of rotatable bonds is 8. The van der Waals surface area contributed by atoms with Gasteiger partial charge in [-0.1, -0.05) is 27.7 Å². The van der Waals surface area contributed by atoms with Crippen molar-refractivity contribution in [2.45, 2.75) is 204 Å². The Hall–Kier alpha value is -1.05. The zero-order chi connectivity index (χ0) is 42.3. The van der Waals surface area contributed by atoms with Crippen molar-refractivity contribution in [3.05, 3.63) is 0 Å². The van der Waals surface area contributed by atoms with Crippen molar-refractivity contribution in [3.63, 3.8) is 0 Å². The minimum absolute atomic E-state index is 0.0840. The molecule has 8 aliphatic rings. The van der Waals surface area contributed by atoms with Crippen LogP contribution in [0.25, 0.3) is 0 Å². The fourth-order valence-corrected chi connectivity index (χ4v) is 15.2. The molecule has 15 heteroatoms. The molecule has 2 spiro atoms. The van der Waals surface area contributed by atoms with Gasteiger partial charge in [0.25, 0.3) is 0 Å². The Morgan fingerprint density at radius 1 is 0.776 bits per heavy atom. The summed E-state index contributed by atoms with van der Waals surface area (Å²) in [6.07, 6.45) is -7.63. The summed E-state index contributed by atoms with van der Waals surface area (Å²) in [7, 11) is 0. The molecule has 58 heavy (non-hydrogen) atoms. The molecule has 332 valence electrons. The topological polar surface area (TPSA) is 234 Å². The first-order valence-corrected chi connectivity index (χ1v) is 21.8. The third-order valence-corrected chi connectivity index (χ3v) is 17.9. The molecule has 0 amide bonds. The van der Waals surface area contributed by atoms with Crippen molar-refractivity contribution in [2.75, 3.05) is 13.2 Å². The van der Waals surface area contributed by atoms with Gasteiger partial charge in [-0.05, 0) is 117 Å². The van der Waals surface area contributed by atoms with E-state index in [-0.39, 0.29) is 52.1 Å². The molecule has 2 unspecified atom stereocenters. The minimum atomic E-state index is -1.61. The van der Waals surface area contributed by atoms with E-state index in [4.69, 9.17) is 28.4 Å². The van der Waals surface area contributed by atoms with Gasteiger partial charge in [-0.25, -0.2) is 0 Å². The monoisotopic (exact) mass is 826 g/mol. The number of aliphatic hydroxyl groups excluding tert-OH is 7. The van der Waals surface area contributed by atoms with Crippen LogP contribution in [0.2, 0.25) is 0 Å². The first kappa shape index (κ1) is 43.6. The van der Waals surface area contributed by atoms with Crippen molar-refractivity contribution < 1.29 is 74.1 Å². The number of ether oxygens (including phenoxy) is 6. The van der Waals surface area contributed by atoms with E-state index in [1.807, 2.05) is 0 Å². The lowest BCUT2D eigenvalue weighted by molar-refractivity contribution is -0.339. The summed E-state index contributed by atoms with van der Waals surface area (Å²) in [5.41, 5.74) is -3.28. The summed E-state index contributed by atoms with van der Waals surface area (Å²) in [6.45, 7) is 15.1. The van der Waals surface area contributed by atoms with Crippen molar-refractivity contribution in [1.82, 2.24) is 0 Å². The van der Waals surface area contributed by atoms with Crippen LogP contribution in [-0.4, -0.2) is 151 Å². The maximum Gasteiger partial charge on any atom is 0.303 e. The van der Waals surface area contributed by atoms with E-state index in [2.05, 4.69) is 34.6 Å². The summed E-state index contributed by atoms with van der Waals surface area (Å²) in [5, 5.41) is 88.0. The molecule has 3 aliphatic heterocycles. The van der Waals surface area contributed by atoms with Gasteiger partial charge in [-0.3, -0.25) is 4.79 Å². The Kier molecular flexibility index (Phi) is 10.7. The molecule has 8 rings (SSSR count). The van der Waals surface area contributed by atoms with E-state index < -0.39 is 103 Å². The molecule has 8 fully saturated rings. The molecular formula is C43H70O15. The lowest BCUT2D eigenvalue weighted by Crippen LogP contribution is -2.65. The highest BCUT2D eigenvalue weighted by atomic mass is 16.7. The number of carbonyl (C=O) groups is 1. The fraction of sp³-hybridized carbons (Fsp3) is 0.977. The second-order valence-electron chi connectivity index (χ2n) is 21.6. The predicted octanol–water partition coefficient (Wildman–Crippen LogP) is 1.29. The van der Waals surface area contributed by atoms with Crippen molar-refractivity contribution in [2.24, 2.45) is 44.8 Å². The number of hydrogen-bond donors (Lipinski definition) is 8. The Labute approximate surface area is 341 Å². The number of fused-ring (bicyclic) bond motifs is 2. The Balaban J connectivity index is 1.13. The molecule has 0 aromatic heterocycles. The molecule has 3 heterocycles. The first-order valence-electron chi connectivity index (χ1n) is 21.8. The van der Waals surface area contributed by atoms with E-state index in [9.17, 15) is 45.6 Å². The van der Waals surface area contributed by atoms with Crippen LogP contribution in [0.3, 0.4) is 0 Å². The van der Waals surface area contributed by atoms with Crippen LogP contribution in [0.15, 0.2) is 0 Å². The molecule has 5 aliphatic carbocycles. The van der Waals surface area contributed by atoms with Crippen molar-refractivity contribution >= 4 is 5.97 Å². The molecule has 8 N–H and O–H groups in total. The van der Waals surface area contributed by atoms with Crippen LogP contribution in [0.5, 0.6) is 0 Å². The van der Waals surface area contributed by atoms with Gasteiger partial charge in [0, 0.05) is 12.8 Å². The number of hydrogen-bond acceptors (Lipinski definition) is 15. The van der Waals surface area contributed by atoms with E-state index >= 15 is 0 Å². The van der Waals surface area contributed by atoms with Gasteiger partial charge in [0.05, 0.1) is 48.8 Å². The summed E-state index contributed by atoms with van der Waals surface area (Å²) in [6, 6.07) is 0. The molecule has 3 saturated heterocycles. The van der Waals surface area contributed by atoms with Crippen molar-refractivity contribution in [3.8, 4) is 0 Å². The average molecular weight is 827 g/mol. The highest BCUT2D eigenvalue weighted by Gasteiger charge is 2.85. The van der Waals surface area contributed by atoms with Gasteiger partial charge in [0.1, 0.15) is 36.6 Å². The Morgan fingerprint density at radius 2 is 1.47 bits per heavy atom. The summed E-state index contributed by atoms with van der Waals surface area (Å²) < 4.78 is 37.4. The Morgan fingerprint density at radius 3 is 2.10 bits per heavy atom. The lowest BCUT2D eigenvalue weighted by atomic mass is 9.41. The number of aliphatic hydroxyl groups is 8. The normalized spacial score (nSPS) is 56.1. The third-order valence-electron chi connectivity index (χ3n) is 17.9. The van der Waals surface area contributed by atoms with Crippen molar-refractivity contribution in [1.29, 1.82) is 0 Å². The largest absolute Gasteiger partial charge is 0.457 e. The van der Waals surface area contributed by atoms with Gasteiger partial charge in [-0.15, -0.1) is 0 Å². The quantitative estimate of drug-likeness (QED) is 0.127. The first-order chi connectivity index (χ1) is 26.9. The molecule has 21 atom stereocenters. The molecule has 0 aromatic rings. The van der Waals surface area contributed by atoms with Crippen LogP contribution in [0, 0.1) is 44.8 Å². The van der Waals surface area contributed by atoms with E-state index in [0.29, 0.717) is 25.7 Å². The molecular weight excluding hydrogens is 756 g/mol. The average Bonchev–Trinajstić information content (AvgIpc) is 3.50. The molecule has 15 nitrogen and oxygen atoms in total. The number of carbonyl (C=O) groups excluding carboxylic acids is 1. The smallest absolute Gasteiger partial charge is 0.303 e. The summed E-state index contributed by atoms with van der Waals surface area (Å²) >= 11 is 0. The summed E-state index contributed by atoms with van der Waals surface area (Å²) in [4.78, 5) is 11.6. The molecule has 5 saturated carbocycles. The van der Waals surface area contributed by atoms with E-state index in [0.717, 1.165) is 32.1 Å². The standard InChI is InChI=1S/C43H70O15/c1-20(45)54-24-18-53-35(31(50)29(24)48)57-26-10-12-43-19-42(43)14-13-39(6)33(41(8)11-9-27(58-41)38(4,5)52)21(46)16-40(39,7)25(42)15-22(34(43)37(26,2)3)55-36-32(51)30(49)28(47)23(17-44)56-36/h21-36,44,46-52H,9-19H2,1-8H3/t21-,22-,23+,24+,25-,26-,27-,28+,29-,30-,31+,32+,33?,34-,35-,36+,39+,40-,41?,42-,43+/m0/s1. The lowest BCUT2D eigenvalue weighted by Gasteiger charge is -2.65. The van der Waals surface area contributed by atoms with Crippen LogP contribution < -0.4 is 0 Å². The zero-order valence-electron chi connectivity index (χ0n) is 35.5. The Bertz CT molecular complexity index is 1570. The van der Waals surface area contributed by atoms with Crippen LogP contribution >= 0.6 is 0 Å².